The maximum Gasteiger partial charge on any atom is 0.407 e. The molecule has 0 saturated heterocycles. The van der Waals surface area contributed by atoms with Crippen molar-refractivity contribution in [1.29, 1.82) is 0 Å². The summed E-state index contributed by atoms with van der Waals surface area (Å²) >= 11 is 0. The minimum Gasteiger partial charge on any atom is -0.445 e. The molecule has 1 heterocycles. The van der Waals surface area contributed by atoms with E-state index in [1.807, 2.05) is 30.3 Å². The van der Waals surface area contributed by atoms with Crippen molar-refractivity contribution in [1.82, 2.24) is 10.3 Å². The van der Waals surface area contributed by atoms with E-state index in [4.69, 9.17) is 4.74 Å². The fourth-order valence-electron chi connectivity index (χ4n) is 3.55. The van der Waals surface area contributed by atoms with Crippen molar-refractivity contribution in [3.8, 4) is 0 Å². The summed E-state index contributed by atoms with van der Waals surface area (Å²) in [6.45, 7) is 0.885. The van der Waals surface area contributed by atoms with Crippen LogP contribution in [0.3, 0.4) is 0 Å². The molecule has 2 aromatic rings. The van der Waals surface area contributed by atoms with Crippen molar-refractivity contribution in [2.45, 2.75) is 38.7 Å². The van der Waals surface area contributed by atoms with E-state index in [-0.39, 0.29) is 24.5 Å². The lowest BCUT2D eigenvalue weighted by molar-refractivity contribution is -0.121. The Morgan fingerprint density at radius 2 is 1.71 bits per heavy atom. The molecular weight excluding hydrogens is 354 g/mol. The third-order valence-electron chi connectivity index (χ3n) is 5.20. The lowest BCUT2D eigenvalue weighted by Crippen LogP contribution is -2.30. The molecule has 2 N–H and O–H groups in total. The molecule has 1 aliphatic rings. The highest BCUT2D eigenvalue weighted by molar-refractivity contribution is 5.92. The summed E-state index contributed by atoms with van der Waals surface area (Å²) in [5.41, 5.74) is 1.77. The number of nitrogens with zero attached hydrogens (tertiary/aromatic N) is 1. The molecule has 148 valence electrons. The highest BCUT2D eigenvalue weighted by atomic mass is 16.5. The van der Waals surface area contributed by atoms with Gasteiger partial charge in [0, 0.05) is 30.5 Å². The van der Waals surface area contributed by atoms with Gasteiger partial charge in [0.05, 0.1) is 0 Å². The Labute approximate surface area is 165 Å². The van der Waals surface area contributed by atoms with Crippen LogP contribution < -0.4 is 10.6 Å². The summed E-state index contributed by atoms with van der Waals surface area (Å²) in [6, 6.07) is 13.2. The molecule has 2 amide bonds. The molecule has 1 fully saturated rings. The number of aromatic nitrogens is 1. The van der Waals surface area contributed by atoms with Crippen LogP contribution in [-0.2, 0) is 16.1 Å². The quantitative estimate of drug-likeness (QED) is 0.755. The van der Waals surface area contributed by atoms with Crippen LogP contribution in [0.25, 0.3) is 0 Å². The summed E-state index contributed by atoms with van der Waals surface area (Å²) in [4.78, 5) is 28.1. The lowest BCUT2D eigenvalue weighted by atomic mass is 9.80. The number of benzene rings is 1. The van der Waals surface area contributed by atoms with Gasteiger partial charge in [0.15, 0.2) is 0 Å². The van der Waals surface area contributed by atoms with Crippen LogP contribution in [0.15, 0.2) is 54.9 Å². The molecule has 1 aromatic heterocycles. The SMILES string of the molecule is O=C(NCCC1CCC(C(=O)Nc2ccncc2)CC1)OCc1ccccc1. The Bertz CT molecular complexity index is 744. The Hall–Kier alpha value is -2.89. The van der Waals surface area contributed by atoms with E-state index in [9.17, 15) is 9.59 Å². The Morgan fingerprint density at radius 1 is 1.00 bits per heavy atom. The number of rotatable bonds is 7. The highest BCUT2D eigenvalue weighted by Gasteiger charge is 2.26. The van der Waals surface area contributed by atoms with Gasteiger partial charge in [-0.15, -0.1) is 0 Å². The van der Waals surface area contributed by atoms with Gasteiger partial charge >= 0.3 is 6.09 Å². The van der Waals surface area contributed by atoms with Crippen LogP contribution in [0.4, 0.5) is 10.5 Å². The second-order valence-electron chi connectivity index (χ2n) is 7.22. The molecular formula is C22H27N3O3. The van der Waals surface area contributed by atoms with Crippen molar-refractivity contribution in [3.05, 3.63) is 60.4 Å². The number of pyridine rings is 1. The number of amides is 2. The van der Waals surface area contributed by atoms with Crippen LogP contribution in [-0.4, -0.2) is 23.5 Å². The summed E-state index contributed by atoms with van der Waals surface area (Å²) in [7, 11) is 0. The molecule has 3 rings (SSSR count). The summed E-state index contributed by atoms with van der Waals surface area (Å²) in [5.74, 6) is 0.694. The topological polar surface area (TPSA) is 80.3 Å². The fraction of sp³-hybridized carbons (Fsp3) is 0.409. The van der Waals surface area contributed by atoms with Crippen molar-refractivity contribution in [2.75, 3.05) is 11.9 Å². The number of hydrogen-bond donors (Lipinski definition) is 2. The monoisotopic (exact) mass is 381 g/mol. The van der Waals surface area contributed by atoms with Gasteiger partial charge in [-0.3, -0.25) is 9.78 Å². The van der Waals surface area contributed by atoms with Gasteiger partial charge in [-0.1, -0.05) is 30.3 Å². The number of ether oxygens (including phenoxy) is 1. The Morgan fingerprint density at radius 3 is 2.43 bits per heavy atom. The minimum absolute atomic E-state index is 0.0632. The molecule has 1 aromatic carbocycles. The van der Waals surface area contributed by atoms with Crippen molar-refractivity contribution < 1.29 is 14.3 Å². The van der Waals surface area contributed by atoms with Crippen LogP contribution in [0, 0.1) is 11.8 Å². The van der Waals surface area contributed by atoms with E-state index >= 15 is 0 Å². The summed E-state index contributed by atoms with van der Waals surface area (Å²) < 4.78 is 5.22. The normalized spacial score (nSPS) is 18.9. The molecule has 1 saturated carbocycles. The molecule has 0 aliphatic heterocycles. The second kappa shape index (κ2) is 10.4. The molecule has 0 radical (unpaired) electrons. The van der Waals surface area contributed by atoms with Gasteiger partial charge in [0.25, 0.3) is 0 Å². The van der Waals surface area contributed by atoms with Gasteiger partial charge in [-0.05, 0) is 55.7 Å². The first kappa shape index (κ1) is 19.9. The van der Waals surface area contributed by atoms with Crippen LogP contribution >= 0.6 is 0 Å². The van der Waals surface area contributed by atoms with Gasteiger partial charge in [0.1, 0.15) is 6.61 Å². The van der Waals surface area contributed by atoms with Gasteiger partial charge in [-0.2, -0.15) is 0 Å². The third kappa shape index (κ3) is 6.37. The van der Waals surface area contributed by atoms with E-state index in [2.05, 4.69) is 15.6 Å². The first-order valence-electron chi connectivity index (χ1n) is 9.86. The fourth-order valence-corrected chi connectivity index (χ4v) is 3.55. The zero-order valence-electron chi connectivity index (χ0n) is 16.0. The van der Waals surface area contributed by atoms with Crippen LogP contribution in [0.2, 0.25) is 0 Å². The average Bonchev–Trinajstić information content (AvgIpc) is 2.74. The predicted octanol–water partition coefficient (Wildman–Crippen LogP) is 4.14. The minimum atomic E-state index is -0.380. The molecule has 6 nitrogen and oxygen atoms in total. The van der Waals surface area contributed by atoms with Crippen LogP contribution in [0.1, 0.15) is 37.7 Å². The second-order valence-corrected chi connectivity index (χ2v) is 7.22. The van der Waals surface area contributed by atoms with Gasteiger partial charge < -0.3 is 15.4 Å². The number of alkyl carbamates (subject to hydrolysis) is 1. The Balaban J connectivity index is 1.29. The average molecular weight is 381 g/mol. The van der Waals surface area contributed by atoms with E-state index in [0.717, 1.165) is 43.4 Å². The number of carbonyl (C=O) groups excluding carboxylic acids is 2. The zero-order valence-corrected chi connectivity index (χ0v) is 16.0. The number of anilines is 1. The first-order chi connectivity index (χ1) is 13.7. The van der Waals surface area contributed by atoms with E-state index < -0.39 is 0 Å². The maximum atomic E-state index is 12.4. The third-order valence-corrected chi connectivity index (χ3v) is 5.20. The number of hydrogen-bond acceptors (Lipinski definition) is 4. The maximum absolute atomic E-state index is 12.4. The first-order valence-corrected chi connectivity index (χ1v) is 9.86. The molecule has 1 aliphatic carbocycles. The molecule has 0 atom stereocenters. The van der Waals surface area contributed by atoms with Gasteiger partial charge in [0.2, 0.25) is 5.91 Å². The van der Waals surface area contributed by atoms with Crippen molar-refractivity contribution in [3.63, 3.8) is 0 Å². The summed E-state index contributed by atoms with van der Waals surface area (Å²) in [6.07, 6.45) is 7.67. The summed E-state index contributed by atoms with van der Waals surface area (Å²) in [5, 5.41) is 5.78. The molecule has 6 heteroatoms. The smallest absolute Gasteiger partial charge is 0.407 e. The number of carbonyl (C=O) groups is 2. The van der Waals surface area contributed by atoms with Crippen LogP contribution in [0.5, 0.6) is 0 Å². The zero-order chi connectivity index (χ0) is 19.6. The lowest BCUT2D eigenvalue weighted by Gasteiger charge is -2.27. The largest absolute Gasteiger partial charge is 0.445 e. The molecule has 28 heavy (non-hydrogen) atoms. The standard InChI is InChI=1S/C22H27N3O3/c26-21(25-20-11-13-23-14-12-20)19-8-6-17(7-9-19)10-15-24-22(27)28-16-18-4-2-1-3-5-18/h1-5,11-14,17,19H,6-10,15-16H2,(H,24,27)(H,23,25,26). The highest BCUT2D eigenvalue weighted by Crippen LogP contribution is 2.31. The van der Waals surface area contributed by atoms with E-state index in [0.29, 0.717) is 12.5 Å². The van der Waals surface area contributed by atoms with E-state index in [1.165, 1.54) is 0 Å². The molecule has 0 unspecified atom stereocenters. The number of nitrogens with one attached hydrogen (secondary N) is 2. The van der Waals surface area contributed by atoms with Crippen molar-refractivity contribution in [2.24, 2.45) is 11.8 Å². The molecule has 0 spiro atoms. The van der Waals surface area contributed by atoms with Gasteiger partial charge in [-0.25, -0.2) is 4.79 Å². The van der Waals surface area contributed by atoms with Crippen molar-refractivity contribution >= 4 is 17.7 Å². The Kier molecular flexibility index (Phi) is 7.41. The molecule has 0 bridgehead atoms. The predicted molar refractivity (Wildman–Crippen MR) is 108 cm³/mol. The van der Waals surface area contributed by atoms with E-state index in [1.54, 1.807) is 24.5 Å².